The molecular weight excluding hydrogens is 264 g/mol. The molecule has 0 saturated carbocycles. The molecular formula is C17H22N2O2. The molecule has 0 radical (unpaired) electrons. The molecule has 21 heavy (non-hydrogen) atoms. The van der Waals surface area contributed by atoms with E-state index in [-0.39, 0.29) is 17.9 Å². The lowest BCUT2D eigenvalue weighted by Gasteiger charge is -2.30. The maximum absolute atomic E-state index is 12.6. The van der Waals surface area contributed by atoms with Crippen LogP contribution in [0.1, 0.15) is 31.6 Å². The molecule has 1 aromatic carbocycles. The van der Waals surface area contributed by atoms with Gasteiger partial charge in [0.05, 0.1) is 12.0 Å². The number of nitrogens with zero attached hydrogens (tertiary/aromatic N) is 1. The van der Waals surface area contributed by atoms with Gasteiger partial charge in [0.2, 0.25) is 5.91 Å². The van der Waals surface area contributed by atoms with Crippen LogP contribution < -0.4 is 5.32 Å². The van der Waals surface area contributed by atoms with Crippen LogP contribution in [0.4, 0.5) is 0 Å². The molecule has 1 aliphatic heterocycles. The van der Waals surface area contributed by atoms with E-state index >= 15 is 0 Å². The Morgan fingerprint density at radius 2 is 2.24 bits per heavy atom. The quantitative estimate of drug-likeness (QED) is 0.943. The maximum atomic E-state index is 12.6. The van der Waals surface area contributed by atoms with Crippen molar-refractivity contribution in [1.82, 2.24) is 10.2 Å². The van der Waals surface area contributed by atoms with Crippen molar-refractivity contribution in [2.24, 2.45) is 5.92 Å². The molecule has 3 rings (SSSR count). The molecule has 0 spiro atoms. The van der Waals surface area contributed by atoms with E-state index in [2.05, 4.69) is 5.32 Å². The fraction of sp³-hybridized carbons (Fsp3) is 0.471. The maximum Gasteiger partial charge on any atom is 0.227 e. The zero-order valence-corrected chi connectivity index (χ0v) is 12.6. The predicted octanol–water partition coefficient (Wildman–Crippen LogP) is 2.95. The van der Waals surface area contributed by atoms with Gasteiger partial charge < -0.3 is 14.6 Å². The van der Waals surface area contributed by atoms with Gasteiger partial charge in [-0.1, -0.05) is 18.2 Å². The lowest BCUT2D eigenvalue weighted by molar-refractivity contribution is -0.137. The Labute approximate surface area is 125 Å². The summed E-state index contributed by atoms with van der Waals surface area (Å²) in [6.45, 7) is 3.83. The number of furan rings is 1. The van der Waals surface area contributed by atoms with Crippen LogP contribution in [0.2, 0.25) is 0 Å². The van der Waals surface area contributed by atoms with Gasteiger partial charge in [0.25, 0.3) is 0 Å². The lowest BCUT2D eigenvalue weighted by Crippen LogP contribution is -2.42. The predicted molar refractivity (Wildman–Crippen MR) is 83.0 cm³/mol. The van der Waals surface area contributed by atoms with Crippen molar-refractivity contribution in [2.45, 2.75) is 25.8 Å². The highest BCUT2D eigenvalue weighted by atomic mass is 16.3. The van der Waals surface area contributed by atoms with E-state index in [1.165, 1.54) is 0 Å². The molecule has 0 aliphatic carbocycles. The Kier molecular flexibility index (Phi) is 3.97. The van der Waals surface area contributed by atoms with Crippen molar-refractivity contribution in [3.8, 4) is 0 Å². The normalized spacial score (nSPS) is 20.4. The topological polar surface area (TPSA) is 45.5 Å². The summed E-state index contributed by atoms with van der Waals surface area (Å²) in [5, 5.41) is 4.38. The van der Waals surface area contributed by atoms with Gasteiger partial charge in [-0.15, -0.1) is 0 Å². The van der Waals surface area contributed by atoms with Gasteiger partial charge in [0, 0.05) is 19.0 Å². The van der Waals surface area contributed by atoms with E-state index in [0.29, 0.717) is 0 Å². The number of hydrogen-bond donors (Lipinski definition) is 1. The zero-order chi connectivity index (χ0) is 14.8. The SMILES string of the molecule is CC(c1cc2ccccc2o1)N(C)C(=O)[C@H]1CCCNC1. The van der Waals surface area contributed by atoms with E-state index in [4.69, 9.17) is 4.42 Å². The van der Waals surface area contributed by atoms with E-state index in [1.807, 2.05) is 49.2 Å². The number of fused-ring (bicyclic) bond motifs is 1. The molecule has 1 aromatic heterocycles. The summed E-state index contributed by atoms with van der Waals surface area (Å²) in [4.78, 5) is 14.4. The molecule has 1 N–H and O–H groups in total. The summed E-state index contributed by atoms with van der Waals surface area (Å²) in [5.74, 6) is 1.14. The van der Waals surface area contributed by atoms with Gasteiger partial charge in [-0.3, -0.25) is 4.79 Å². The number of carbonyl (C=O) groups is 1. The second kappa shape index (κ2) is 5.90. The molecule has 0 bridgehead atoms. The molecule has 1 unspecified atom stereocenters. The number of benzene rings is 1. The van der Waals surface area contributed by atoms with Crippen molar-refractivity contribution in [3.63, 3.8) is 0 Å². The highest BCUT2D eigenvalue weighted by Gasteiger charge is 2.28. The fourth-order valence-corrected chi connectivity index (χ4v) is 2.94. The first-order valence-electron chi connectivity index (χ1n) is 7.62. The number of carbonyl (C=O) groups excluding carboxylic acids is 1. The highest BCUT2D eigenvalue weighted by Crippen LogP contribution is 2.28. The number of para-hydroxylation sites is 1. The van der Waals surface area contributed by atoms with Crippen LogP contribution in [0.25, 0.3) is 11.0 Å². The number of hydrogen-bond acceptors (Lipinski definition) is 3. The van der Waals surface area contributed by atoms with Gasteiger partial charge in [-0.05, 0) is 38.4 Å². The summed E-state index contributed by atoms with van der Waals surface area (Å²) in [6, 6.07) is 9.92. The Bertz CT molecular complexity index is 596. The van der Waals surface area contributed by atoms with Crippen molar-refractivity contribution in [1.29, 1.82) is 0 Å². The van der Waals surface area contributed by atoms with Crippen LogP contribution in [0.3, 0.4) is 0 Å². The number of amides is 1. The molecule has 1 amide bonds. The van der Waals surface area contributed by atoms with Crippen LogP contribution >= 0.6 is 0 Å². The molecule has 2 heterocycles. The lowest BCUT2D eigenvalue weighted by atomic mass is 9.97. The summed E-state index contributed by atoms with van der Waals surface area (Å²) in [7, 11) is 1.87. The highest BCUT2D eigenvalue weighted by molar-refractivity contribution is 5.80. The molecule has 4 nitrogen and oxygen atoms in total. The molecule has 2 atom stereocenters. The first-order chi connectivity index (χ1) is 10.2. The van der Waals surface area contributed by atoms with E-state index in [0.717, 1.165) is 42.7 Å². The Hall–Kier alpha value is -1.81. The fourth-order valence-electron chi connectivity index (χ4n) is 2.94. The molecule has 2 aromatic rings. The van der Waals surface area contributed by atoms with Crippen LogP contribution in [-0.4, -0.2) is 30.9 Å². The van der Waals surface area contributed by atoms with Gasteiger partial charge in [0.1, 0.15) is 11.3 Å². The molecule has 4 heteroatoms. The van der Waals surface area contributed by atoms with Gasteiger partial charge in [-0.25, -0.2) is 0 Å². The average molecular weight is 286 g/mol. The second-order valence-corrected chi connectivity index (χ2v) is 5.85. The third kappa shape index (κ3) is 2.81. The van der Waals surface area contributed by atoms with E-state index < -0.39 is 0 Å². The minimum Gasteiger partial charge on any atom is -0.459 e. The van der Waals surface area contributed by atoms with Crippen molar-refractivity contribution < 1.29 is 9.21 Å². The van der Waals surface area contributed by atoms with Crippen LogP contribution in [0.15, 0.2) is 34.7 Å². The summed E-state index contributed by atoms with van der Waals surface area (Å²) >= 11 is 0. The first kappa shape index (κ1) is 14.1. The van der Waals surface area contributed by atoms with E-state index in [9.17, 15) is 4.79 Å². The summed E-state index contributed by atoms with van der Waals surface area (Å²) < 4.78 is 5.88. The van der Waals surface area contributed by atoms with E-state index in [1.54, 1.807) is 0 Å². The van der Waals surface area contributed by atoms with Crippen molar-refractivity contribution in [3.05, 3.63) is 36.1 Å². The molecule has 112 valence electrons. The second-order valence-electron chi connectivity index (χ2n) is 5.85. The standard InChI is InChI=1S/C17H22N2O2/c1-12(16-10-13-6-3-4-8-15(13)21-16)19(2)17(20)14-7-5-9-18-11-14/h3-4,6,8,10,12,14,18H,5,7,9,11H2,1-2H3/t12?,14-/m0/s1. The Morgan fingerprint density at radius 1 is 1.43 bits per heavy atom. The number of rotatable bonds is 3. The van der Waals surface area contributed by atoms with Gasteiger partial charge >= 0.3 is 0 Å². The third-order valence-electron chi connectivity index (χ3n) is 4.43. The molecule has 1 fully saturated rings. The minimum absolute atomic E-state index is 0.0492. The van der Waals surface area contributed by atoms with Gasteiger partial charge in [0.15, 0.2) is 0 Å². The van der Waals surface area contributed by atoms with Crippen LogP contribution in [0, 0.1) is 5.92 Å². The monoisotopic (exact) mass is 286 g/mol. The minimum atomic E-state index is -0.0492. The van der Waals surface area contributed by atoms with Crippen LogP contribution in [0.5, 0.6) is 0 Å². The Morgan fingerprint density at radius 3 is 2.95 bits per heavy atom. The summed E-state index contributed by atoms with van der Waals surface area (Å²) in [6.07, 6.45) is 2.05. The first-order valence-corrected chi connectivity index (χ1v) is 7.62. The largest absolute Gasteiger partial charge is 0.459 e. The Balaban J connectivity index is 1.76. The number of piperidine rings is 1. The average Bonchev–Trinajstić information content (AvgIpc) is 2.97. The van der Waals surface area contributed by atoms with Crippen LogP contribution in [-0.2, 0) is 4.79 Å². The molecule has 1 saturated heterocycles. The zero-order valence-electron chi connectivity index (χ0n) is 12.6. The third-order valence-corrected chi connectivity index (χ3v) is 4.43. The van der Waals surface area contributed by atoms with Crippen molar-refractivity contribution in [2.75, 3.05) is 20.1 Å². The number of nitrogens with one attached hydrogen (secondary N) is 1. The van der Waals surface area contributed by atoms with Crippen molar-refractivity contribution >= 4 is 16.9 Å². The summed E-state index contributed by atoms with van der Waals surface area (Å²) in [5.41, 5.74) is 0.875. The van der Waals surface area contributed by atoms with Gasteiger partial charge in [-0.2, -0.15) is 0 Å². The smallest absolute Gasteiger partial charge is 0.227 e. The molecule has 1 aliphatic rings.